The molecule has 2 heterocycles. The lowest BCUT2D eigenvalue weighted by Gasteiger charge is -2.43. The van der Waals surface area contributed by atoms with Gasteiger partial charge in [-0.1, -0.05) is 95.5 Å². The van der Waals surface area contributed by atoms with Crippen molar-refractivity contribution in [3.05, 3.63) is 71.8 Å². The molecule has 2 N–H and O–H groups in total. The molecule has 0 amide bonds. The van der Waals surface area contributed by atoms with E-state index in [2.05, 4.69) is 5.32 Å². The van der Waals surface area contributed by atoms with Gasteiger partial charge in [0.2, 0.25) is 3.79 Å². The number of esters is 1. The summed E-state index contributed by atoms with van der Waals surface area (Å²) >= 11 is 17.9. The molecule has 2 aromatic rings. The fraction of sp³-hybridized carbons (Fsp3) is 0.458. The average Bonchev–Trinajstić information content (AvgIpc) is 3.64. The van der Waals surface area contributed by atoms with E-state index >= 15 is 0 Å². The molecule has 4 rings (SSSR count). The van der Waals surface area contributed by atoms with Crippen LogP contribution in [0.5, 0.6) is 0 Å². The van der Waals surface area contributed by atoms with Crippen LogP contribution in [0.2, 0.25) is 0 Å². The van der Waals surface area contributed by atoms with Gasteiger partial charge in [0.25, 0.3) is 0 Å². The number of hydrogen-bond donors (Lipinski definition) is 2. The molecule has 0 saturated carbocycles. The summed E-state index contributed by atoms with van der Waals surface area (Å²) in [6.07, 6.45) is -6.48. The van der Waals surface area contributed by atoms with Crippen LogP contribution in [-0.4, -0.2) is 65.0 Å². The topological polar surface area (TPSA) is 105 Å². The van der Waals surface area contributed by atoms with Gasteiger partial charge in [0.05, 0.1) is 26.4 Å². The standard InChI is InChI=1S/C24H26Cl3NO7/c1-31-22(30)18-16(29)17(32-12-14-8-4-2-5-9-14)19(33-13-15-10-6-3-7-11-15)23(34-18)35-21-20(28-21)24(25,26)27/h2-11,16-21,23,28-29H,12-13H2,1H3/t16-,17?,18?,19?,20?,21?,23-/m0/s1. The van der Waals surface area contributed by atoms with E-state index < -0.39 is 52.7 Å². The van der Waals surface area contributed by atoms with Crippen LogP contribution in [0, 0.1) is 0 Å². The molecular weight excluding hydrogens is 521 g/mol. The van der Waals surface area contributed by atoms with Gasteiger partial charge in [-0.15, -0.1) is 0 Å². The predicted octanol–water partition coefficient (Wildman–Crippen LogP) is 3.10. The molecule has 0 radical (unpaired) electrons. The highest BCUT2D eigenvalue weighted by Gasteiger charge is 2.56. The zero-order valence-corrected chi connectivity index (χ0v) is 21.0. The fourth-order valence-corrected chi connectivity index (χ4v) is 4.33. The van der Waals surface area contributed by atoms with Gasteiger partial charge in [-0.05, 0) is 11.1 Å². The van der Waals surface area contributed by atoms with Crippen molar-refractivity contribution in [2.45, 2.75) is 60.0 Å². The Morgan fingerprint density at radius 2 is 1.51 bits per heavy atom. The van der Waals surface area contributed by atoms with Crippen LogP contribution in [0.3, 0.4) is 0 Å². The lowest BCUT2D eigenvalue weighted by molar-refractivity contribution is -0.316. The molecule has 0 spiro atoms. The molecule has 8 nitrogen and oxygen atoms in total. The monoisotopic (exact) mass is 545 g/mol. The van der Waals surface area contributed by atoms with Gasteiger partial charge >= 0.3 is 5.97 Å². The van der Waals surface area contributed by atoms with Crippen molar-refractivity contribution in [1.29, 1.82) is 0 Å². The van der Waals surface area contributed by atoms with Crippen molar-refractivity contribution < 1.29 is 33.6 Å². The van der Waals surface area contributed by atoms with Gasteiger partial charge in [-0.25, -0.2) is 4.79 Å². The second kappa shape index (κ2) is 11.7. The number of carbonyl (C=O) groups is 1. The number of hydrogen-bond acceptors (Lipinski definition) is 8. The Hall–Kier alpha value is -1.46. The van der Waals surface area contributed by atoms with Crippen molar-refractivity contribution in [3.8, 4) is 0 Å². The summed E-state index contributed by atoms with van der Waals surface area (Å²) in [4.78, 5) is 12.4. The zero-order valence-electron chi connectivity index (χ0n) is 18.8. The van der Waals surface area contributed by atoms with Gasteiger partial charge in [0.1, 0.15) is 24.5 Å². The number of rotatable bonds is 9. The fourth-order valence-electron chi connectivity index (χ4n) is 3.79. The van der Waals surface area contributed by atoms with Crippen molar-refractivity contribution in [1.82, 2.24) is 5.32 Å². The molecule has 190 valence electrons. The lowest BCUT2D eigenvalue weighted by atomic mass is 9.98. The lowest BCUT2D eigenvalue weighted by Crippen LogP contribution is -2.62. The van der Waals surface area contributed by atoms with Gasteiger partial charge in [-0.3, -0.25) is 5.32 Å². The average molecular weight is 547 g/mol. The van der Waals surface area contributed by atoms with Crippen LogP contribution in [-0.2, 0) is 41.7 Å². The third-order valence-electron chi connectivity index (χ3n) is 5.69. The maximum Gasteiger partial charge on any atom is 0.337 e. The van der Waals surface area contributed by atoms with Crippen molar-refractivity contribution >= 4 is 40.8 Å². The number of benzene rings is 2. The number of ether oxygens (including phenoxy) is 5. The third kappa shape index (κ3) is 6.85. The molecule has 2 aromatic carbocycles. The van der Waals surface area contributed by atoms with Crippen LogP contribution < -0.4 is 5.32 Å². The van der Waals surface area contributed by atoms with Crippen LogP contribution in [0.25, 0.3) is 0 Å². The predicted molar refractivity (Wildman–Crippen MR) is 129 cm³/mol. The highest BCUT2D eigenvalue weighted by Crippen LogP contribution is 2.40. The molecular formula is C24H26Cl3NO7. The Bertz CT molecular complexity index is 963. The van der Waals surface area contributed by atoms with Crippen molar-refractivity contribution in [3.63, 3.8) is 0 Å². The summed E-state index contributed by atoms with van der Waals surface area (Å²) in [5, 5.41) is 14.0. The summed E-state index contributed by atoms with van der Waals surface area (Å²) in [5.74, 6) is -0.775. The van der Waals surface area contributed by atoms with E-state index in [1.165, 1.54) is 7.11 Å². The van der Waals surface area contributed by atoms with Crippen LogP contribution in [0.15, 0.2) is 60.7 Å². The first-order valence-electron chi connectivity index (χ1n) is 11.0. The molecule has 35 heavy (non-hydrogen) atoms. The van der Waals surface area contributed by atoms with E-state index in [1.807, 2.05) is 60.7 Å². The van der Waals surface area contributed by atoms with E-state index in [0.717, 1.165) is 11.1 Å². The van der Waals surface area contributed by atoms with Gasteiger partial charge < -0.3 is 28.8 Å². The second-order valence-electron chi connectivity index (χ2n) is 8.20. The molecule has 0 aromatic heterocycles. The van der Waals surface area contributed by atoms with Crippen molar-refractivity contribution in [2.24, 2.45) is 0 Å². The molecule has 2 aliphatic heterocycles. The van der Waals surface area contributed by atoms with Crippen LogP contribution in [0.4, 0.5) is 0 Å². The van der Waals surface area contributed by atoms with Crippen LogP contribution in [0.1, 0.15) is 11.1 Å². The summed E-state index contributed by atoms with van der Waals surface area (Å²) < 4.78 is 27.3. The molecule has 11 heteroatoms. The molecule has 2 saturated heterocycles. The maximum absolute atomic E-state index is 12.4. The first-order chi connectivity index (χ1) is 16.8. The minimum absolute atomic E-state index is 0.160. The molecule has 2 aliphatic rings. The Kier molecular flexibility index (Phi) is 8.91. The quantitative estimate of drug-likeness (QED) is 0.281. The number of aliphatic hydroxyl groups excluding tert-OH is 1. The summed E-state index contributed by atoms with van der Waals surface area (Å²) in [5.41, 5.74) is 1.77. The van der Waals surface area contributed by atoms with Gasteiger partial charge in [0.15, 0.2) is 12.4 Å². The number of halogens is 3. The summed E-state index contributed by atoms with van der Waals surface area (Å²) in [6, 6.07) is 18.3. The van der Waals surface area contributed by atoms with E-state index in [1.54, 1.807) is 0 Å². The second-order valence-corrected chi connectivity index (χ2v) is 10.6. The minimum atomic E-state index is -1.61. The summed E-state index contributed by atoms with van der Waals surface area (Å²) in [6.45, 7) is 0.342. The highest BCUT2D eigenvalue weighted by molar-refractivity contribution is 6.68. The largest absolute Gasteiger partial charge is 0.467 e. The van der Waals surface area contributed by atoms with Crippen LogP contribution >= 0.6 is 34.8 Å². The smallest absolute Gasteiger partial charge is 0.337 e. The first-order valence-corrected chi connectivity index (χ1v) is 12.1. The van der Waals surface area contributed by atoms with E-state index in [4.69, 9.17) is 58.5 Å². The molecule has 0 aliphatic carbocycles. The molecule has 5 unspecified atom stereocenters. The SMILES string of the molecule is COC(=O)C1O[C@@H](OC2NC2C(Cl)(Cl)Cl)C(OCc2ccccc2)C(OCc2ccccc2)[C@@H]1O. The molecule has 0 bridgehead atoms. The number of carbonyl (C=O) groups excluding carboxylic acids is 1. The van der Waals surface area contributed by atoms with Crippen molar-refractivity contribution in [2.75, 3.05) is 7.11 Å². The summed E-state index contributed by atoms with van der Waals surface area (Å²) in [7, 11) is 1.20. The maximum atomic E-state index is 12.4. The number of methoxy groups -OCH3 is 1. The Balaban J connectivity index is 1.57. The minimum Gasteiger partial charge on any atom is -0.467 e. The number of alkyl halides is 3. The normalized spacial score (nSPS) is 30.6. The number of aliphatic hydroxyl groups is 1. The molecule has 2 fully saturated rings. The van der Waals surface area contributed by atoms with Gasteiger partial charge in [-0.2, -0.15) is 0 Å². The third-order valence-corrected chi connectivity index (χ3v) is 6.40. The van der Waals surface area contributed by atoms with E-state index in [-0.39, 0.29) is 13.2 Å². The first kappa shape index (κ1) is 26.6. The van der Waals surface area contributed by atoms with Gasteiger partial charge in [0, 0.05) is 0 Å². The van der Waals surface area contributed by atoms with E-state index in [0.29, 0.717) is 0 Å². The Morgan fingerprint density at radius 3 is 2.00 bits per heavy atom. The highest BCUT2D eigenvalue weighted by atomic mass is 35.6. The molecule has 7 atom stereocenters. The Labute approximate surface area is 218 Å². The zero-order chi connectivity index (χ0) is 25.0. The Morgan fingerprint density at radius 1 is 0.971 bits per heavy atom. The number of nitrogens with one attached hydrogen (secondary N) is 1. The van der Waals surface area contributed by atoms with E-state index in [9.17, 15) is 9.90 Å².